The van der Waals surface area contributed by atoms with Crippen LogP contribution in [0.1, 0.15) is 0 Å². The number of sulfonamides is 1. The Bertz CT molecular complexity index is 763. The zero-order valence-corrected chi connectivity index (χ0v) is 8.96. The van der Waals surface area contributed by atoms with Crippen molar-refractivity contribution in [1.82, 2.24) is 4.57 Å². The van der Waals surface area contributed by atoms with E-state index in [4.69, 9.17) is 5.53 Å². The van der Waals surface area contributed by atoms with Crippen LogP contribution in [0.3, 0.4) is 0 Å². The second-order valence-electron chi connectivity index (χ2n) is 3.09. The molecule has 0 amide bonds. The van der Waals surface area contributed by atoms with Gasteiger partial charge in [0.15, 0.2) is 0 Å². The first-order chi connectivity index (χ1) is 7.97. The van der Waals surface area contributed by atoms with E-state index in [1.165, 1.54) is 12.1 Å². The molecule has 0 N–H and O–H groups in total. The van der Waals surface area contributed by atoms with Crippen molar-refractivity contribution in [3.8, 4) is 5.69 Å². The highest BCUT2D eigenvalue weighted by Crippen LogP contribution is 2.14. The lowest BCUT2D eigenvalue weighted by atomic mass is 10.3. The molecular formula is C8H4N4O4S. The molecule has 2 aromatic rings. The predicted octanol–water partition coefficient (Wildman–Crippen LogP) is 0.0723. The van der Waals surface area contributed by atoms with Gasteiger partial charge in [-0.2, -0.15) is 0 Å². The van der Waals surface area contributed by atoms with Gasteiger partial charge in [-0.15, -0.1) is 0 Å². The van der Waals surface area contributed by atoms with E-state index in [1.807, 2.05) is 0 Å². The van der Waals surface area contributed by atoms with E-state index in [0.29, 0.717) is 0 Å². The van der Waals surface area contributed by atoms with Crippen LogP contribution >= 0.6 is 0 Å². The van der Waals surface area contributed by atoms with Crippen LogP contribution in [0.15, 0.2) is 43.3 Å². The molecule has 0 fully saturated rings. The summed E-state index contributed by atoms with van der Waals surface area (Å²) in [6.45, 7) is 0. The van der Waals surface area contributed by atoms with Crippen LogP contribution in [0.25, 0.3) is 16.1 Å². The fraction of sp³-hybridized carbons (Fsp3) is 0. The predicted molar refractivity (Wildman–Crippen MR) is 57.0 cm³/mol. The largest absolute Gasteiger partial charge is 0.324 e. The van der Waals surface area contributed by atoms with Crippen LogP contribution in [-0.2, 0) is 10.0 Å². The van der Waals surface area contributed by atoms with E-state index >= 15 is 0 Å². The molecule has 1 aromatic heterocycles. The average Bonchev–Trinajstić information content (AvgIpc) is 2.87. The number of aromatic nitrogens is 1. The molecule has 0 saturated heterocycles. The second kappa shape index (κ2) is 3.58. The monoisotopic (exact) mass is 252 g/mol. The molecule has 86 valence electrons. The molecule has 0 radical (unpaired) electrons. The molecule has 0 unspecified atom stereocenters. The highest BCUT2D eigenvalue weighted by molar-refractivity contribution is 7.90. The third-order valence-corrected chi connectivity index (χ3v) is 3.23. The van der Waals surface area contributed by atoms with Crippen molar-refractivity contribution in [3.05, 3.63) is 55.4 Å². The lowest BCUT2D eigenvalue weighted by molar-refractivity contribution is 0.597. The van der Waals surface area contributed by atoms with E-state index < -0.39 is 21.1 Å². The maximum Gasteiger partial charge on any atom is 0.324 e. The van der Waals surface area contributed by atoms with E-state index in [9.17, 15) is 18.0 Å². The molecule has 17 heavy (non-hydrogen) atoms. The SMILES string of the molecule is [N-]=[N+]=NS(=O)(=O)c1ccc(-n2c(=O)c2=O)cc1. The fourth-order valence-electron chi connectivity index (χ4n) is 1.23. The Labute approximate surface area is 94.1 Å². The quantitative estimate of drug-likeness (QED) is 0.332. The summed E-state index contributed by atoms with van der Waals surface area (Å²) in [6, 6.07) is 4.86. The van der Waals surface area contributed by atoms with E-state index in [1.54, 1.807) is 0 Å². The van der Waals surface area contributed by atoms with Crippen molar-refractivity contribution < 1.29 is 8.42 Å². The molecule has 0 aliphatic rings. The lowest BCUT2D eigenvalue weighted by Gasteiger charge is -1.98. The summed E-state index contributed by atoms with van der Waals surface area (Å²) in [5, 5.41) is 0. The summed E-state index contributed by atoms with van der Waals surface area (Å²) in [4.78, 5) is 23.6. The Kier molecular flexibility index (Phi) is 2.34. The Balaban J connectivity index is 2.45. The Hall–Kier alpha value is -2.38. The molecule has 2 rings (SSSR count). The van der Waals surface area contributed by atoms with Crippen molar-refractivity contribution >= 4 is 10.0 Å². The summed E-state index contributed by atoms with van der Waals surface area (Å²) >= 11 is 0. The Morgan fingerprint density at radius 2 is 1.65 bits per heavy atom. The smallest absolute Gasteiger partial charge is 0.262 e. The summed E-state index contributed by atoms with van der Waals surface area (Å²) in [5.41, 5.74) is 7.06. The van der Waals surface area contributed by atoms with Crippen LogP contribution < -0.4 is 11.1 Å². The van der Waals surface area contributed by atoms with Gasteiger partial charge in [0, 0.05) is 9.43 Å². The zero-order chi connectivity index (χ0) is 12.6. The minimum absolute atomic E-state index is 0.208. The van der Waals surface area contributed by atoms with Crippen molar-refractivity contribution in [2.45, 2.75) is 4.90 Å². The summed E-state index contributed by atoms with van der Waals surface area (Å²) in [5.74, 6) is 0. The second-order valence-corrected chi connectivity index (χ2v) is 4.67. The zero-order valence-electron chi connectivity index (χ0n) is 8.14. The first kappa shape index (κ1) is 11.1. The number of rotatable bonds is 3. The van der Waals surface area contributed by atoms with Gasteiger partial charge in [-0.3, -0.25) is 9.59 Å². The number of azide groups is 1. The van der Waals surface area contributed by atoms with Gasteiger partial charge in [-0.1, -0.05) is 0 Å². The summed E-state index contributed by atoms with van der Waals surface area (Å²) < 4.78 is 26.1. The highest BCUT2D eigenvalue weighted by Gasteiger charge is 2.18. The van der Waals surface area contributed by atoms with Gasteiger partial charge in [0.1, 0.15) is 0 Å². The number of hydrogen-bond acceptors (Lipinski definition) is 4. The topological polar surface area (TPSA) is 122 Å². The van der Waals surface area contributed by atoms with Crippen LogP contribution in [0.4, 0.5) is 0 Å². The van der Waals surface area contributed by atoms with Gasteiger partial charge in [-0.05, 0) is 29.8 Å². The first-order valence-electron chi connectivity index (χ1n) is 4.27. The average molecular weight is 252 g/mol. The van der Waals surface area contributed by atoms with E-state index in [2.05, 4.69) is 9.43 Å². The molecular weight excluding hydrogens is 248 g/mol. The minimum Gasteiger partial charge on any atom is -0.262 e. The van der Waals surface area contributed by atoms with Crippen molar-refractivity contribution in [3.63, 3.8) is 0 Å². The molecule has 1 aromatic carbocycles. The summed E-state index contributed by atoms with van der Waals surface area (Å²) in [6.07, 6.45) is 0. The van der Waals surface area contributed by atoms with Gasteiger partial charge in [-0.25, -0.2) is 13.0 Å². The molecule has 1 heterocycles. The first-order valence-corrected chi connectivity index (χ1v) is 5.71. The Morgan fingerprint density at radius 1 is 1.12 bits per heavy atom. The third kappa shape index (κ3) is 1.84. The molecule has 9 heteroatoms. The molecule has 0 aliphatic heterocycles. The standard InChI is InChI=1S/C8H4N4O4S/c9-10-11-17(15,16)6-3-1-5(2-4-6)12-7(13)8(12)14/h1-4H. The highest BCUT2D eigenvalue weighted by atomic mass is 32.2. The minimum atomic E-state index is -4.04. The number of benzene rings is 1. The molecule has 0 saturated carbocycles. The fourth-order valence-corrected chi connectivity index (χ4v) is 1.90. The lowest BCUT2D eigenvalue weighted by Crippen LogP contribution is -1.97. The van der Waals surface area contributed by atoms with Gasteiger partial charge in [0.25, 0.3) is 10.0 Å². The van der Waals surface area contributed by atoms with E-state index in [0.717, 1.165) is 16.7 Å². The van der Waals surface area contributed by atoms with Crippen molar-refractivity contribution in [2.24, 2.45) is 4.52 Å². The van der Waals surface area contributed by atoms with E-state index in [-0.39, 0.29) is 10.6 Å². The van der Waals surface area contributed by atoms with Crippen molar-refractivity contribution in [1.29, 1.82) is 0 Å². The maximum atomic E-state index is 11.3. The van der Waals surface area contributed by atoms with Crippen LogP contribution in [0, 0.1) is 0 Å². The number of hydrogen-bond donors (Lipinski definition) is 0. The normalized spacial score (nSPS) is 11.3. The molecule has 0 aliphatic carbocycles. The summed E-state index contributed by atoms with van der Waals surface area (Å²) in [7, 11) is -4.04. The van der Waals surface area contributed by atoms with Crippen LogP contribution in [-0.4, -0.2) is 13.0 Å². The van der Waals surface area contributed by atoms with Crippen LogP contribution in [0.5, 0.6) is 0 Å². The van der Waals surface area contributed by atoms with Gasteiger partial charge < -0.3 is 0 Å². The van der Waals surface area contributed by atoms with Gasteiger partial charge in [0.05, 0.1) is 10.6 Å². The third-order valence-electron chi connectivity index (χ3n) is 2.08. The molecule has 0 spiro atoms. The van der Waals surface area contributed by atoms with Crippen molar-refractivity contribution in [2.75, 3.05) is 0 Å². The van der Waals surface area contributed by atoms with Gasteiger partial charge in [0.2, 0.25) is 0 Å². The van der Waals surface area contributed by atoms with Crippen LogP contribution in [0.2, 0.25) is 0 Å². The molecule has 8 nitrogen and oxygen atoms in total. The number of nitrogens with zero attached hydrogens (tertiary/aromatic N) is 4. The van der Waals surface area contributed by atoms with Gasteiger partial charge >= 0.3 is 11.1 Å². The maximum absolute atomic E-state index is 11.3. The molecule has 0 bridgehead atoms. The molecule has 0 atom stereocenters. The Morgan fingerprint density at radius 3 is 2.06 bits per heavy atom.